The molecule has 11 heteroatoms. The number of hydrogen-bond donors (Lipinski definition) is 3. The Balaban J connectivity index is 2.09. The van der Waals surface area contributed by atoms with Crippen LogP contribution in [-0.4, -0.2) is 42.0 Å². The van der Waals surface area contributed by atoms with Gasteiger partial charge in [-0.15, -0.1) is 0 Å². The molecule has 0 aliphatic heterocycles. The fraction of sp³-hybridized carbons (Fsp3) is 0.375. The summed E-state index contributed by atoms with van der Waals surface area (Å²) in [4.78, 5) is 28.7. The Hall–Kier alpha value is -1.61. The van der Waals surface area contributed by atoms with E-state index in [1.807, 2.05) is 0 Å². The van der Waals surface area contributed by atoms with Crippen molar-refractivity contribution in [3.8, 4) is 0 Å². The summed E-state index contributed by atoms with van der Waals surface area (Å²) in [6.45, 7) is -0.313. The molecule has 104 valence electrons. The lowest BCUT2D eigenvalue weighted by Gasteiger charge is -2.11. The fourth-order valence-corrected chi connectivity index (χ4v) is 1.77. The van der Waals surface area contributed by atoms with E-state index in [0.29, 0.717) is 11.2 Å². The van der Waals surface area contributed by atoms with Crippen LogP contribution >= 0.6 is 7.60 Å². The van der Waals surface area contributed by atoms with Crippen LogP contribution in [-0.2, 0) is 15.8 Å². The Kier molecular flexibility index (Phi) is 3.76. The zero-order chi connectivity index (χ0) is 14.0. The number of anilines is 1. The third-order valence-electron chi connectivity index (χ3n) is 2.19. The summed E-state index contributed by atoms with van der Waals surface area (Å²) in [6.07, 6.45) is -0.387. The molecule has 0 fully saturated rings. The van der Waals surface area contributed by atoms with Crippen LogP contribution in [0.4, 0.5) is 10.2 Å². The molecule has 2 rings (SSSR count). The van der Waals surface area contributed by atoms with Gasteiger partial charge in [-0.05, 0) is 0 Å². The molecular weight excluding hydrogens is 280 g/mol. The van der Waals surface area contributed by atoms with E-state index in [1.165, 1.54) is 17.2 Å². The van der Waals surface area contributed by atoms with Crippen LogP contribution in [0.2, 0.25) is 0 Å². The second-order valence-electron chi connectivity index (χ2n) is 3.70. The molecule has 0 unspecified atom stereocenters. The summed E-state index contributed by atoms with van der Waals surface area (Å²) in [6, 6.07) is 0. The first kappa shape index (κ1) is 13.8. The number of nitrogen functional groups attached to an aromatic ring is 1. The van der Waals surface area contributed by atoms with Gasteiger partial charge < -0.3 is 24.8 Å². The minimum atomic E-state index is -4.40. The van der Waals surface area contributed by atoms with Gasteiger partial charge in [0.1, 0.15) is 11.8 Å². The van der Waals surface area contributed by atoms with Crippen molar-refractivity contribution < 1.29 is 23.5 Å². The number of rotatable bonds is 5. The lowest BCUT2D eigenvalue weighted by atomic mass is 10.5. The molecule has 0 aliphatic rings. The maximum absolute atomic E-state index is 13.4. The number of alkyl halides is 1. The number of ether oxygens (including phenoxy) is 1. The highest BCUT2D eigenvalue weighted by Crippen LogP contribution is 2.34. The summed E-state index contributed by atoms with van der Waals surface area (Å²) in [7, 11) is -4.40. The van der Waals surface area contributed by atoms with Crippen molar-refractivity contribution in [1.29, 1.82) is 0 Å². The lowest BCUT2D eigenvalue weighted by molar-refractivity contribution is -0.0323. The molecule has 2 aromatic heterocycles. The van der Waals surface area contributed by atoms with E-state index in [4.69, 9.17) is 15.5 Å². The van der Waals surface area contributed by atoms with Crippen molar-refractivity contribution in [3.05, 3.63) is 12.7 Å². The minimum Gasteiger partial charge on any atom is -0.382 e. The molecule has 1 atom stereocenters. The smallest absolute Gasteiger partial charge is 0.351 e. The average molecular weight is 291 g/mol. The standard InChI is InChI=1S/C8H11FN5O4P/c9-5(18-4-19(15,16)17)1-14-3-13-6-7(10)11-2-12-8(6)14/h2-3,5H,1,4H2,(H2,10,11,12)(H2,15,16,17)/t5-/m0/s1. The molecule has 9 nitrogen and oxygen atoms in total. The third kappa shape index (κ3) is 3.44. The van der Waals surface area contributed by atoms with Crippen molar-refractivity contribution in [2.75, 3.05) is 12.1 Å². The van der Waals surface area contributed by atoms with E-state index in [0.717, 1.165) is 0 Å². The number of nitrogens with two attached hydrogens (primary N) is 1. The van der Waals surface area contributed by atoms with E-state index in [-0.39, 0.29) is 12.4 Å². The van der Waals surface area contributed by atoms with Gasteiger partial charge in [0, 0.05) is 0 Å². The van der Waals surface area contributed by atoms with Gasteiger partial charge >= 0.3 is 7.60 Å². The largest absolute Gasteiger partial charge is 0.382 e. The quantitative estimate of drug-likeness (QED) is 0.647. The van der Waals surface area contributed by atoms with Gasteiger partial charge in [0.05, 0.1) is 12.9 Å². The SMILES string of the molecule is Nc1ncnc2c1ncn2C[C@@H](F)OCP(=O)(O)O. The Morgan fingerprint density at radius 1 is 1.47 bits per heavy atom. The van der Waals surface area contributed by atoms with Crippen LogP contribution in [0.3, 0.4) is 0 Å². The van der Waals surface area contributed by atoms with E-state index in [9.17, 15) is 8.96 Å². The first-order chi connectivity index (χ1) is 8.87. The molecular formula is C8H11FN5O4P. The summed E-state index contributed by atoms with van der Waals surface area (Å²) < 4.78 is 29.7. The number of imidazole rings is 1. The predicted molar refractivity (Wildman–Crippen MR) is 62.6 cm³/mol. The summed E-state index contributed by atoms with van der Waals surface area (Å²) in [5.74, 6) is 0.162. The second kappa shape index (κ2) is 5.17. The third-order valence-corrected chi connectivity index (χ3v) is 2.68. The van der Waals surface area contributed by atoms with E-state index >= 15 is 0 Å². The molecule has 0 saturated heterocycles. The minimum absolute atomic E-state index is 0.162. The zero-order valence-electron chi connectivity index (χ0n) is 9.55. The first-order valence-corrected chi connectivity index (χ1v) is 6.88. The molecule has 2 heterocycles. The van der Waals surface area contributed by atoms with Crippen LogP contribution in [0.25, 0.3) is 11.2 Å². The van der Waals surface area contributed by atoms with Gasteiger partial charge in [-0.2, -0.15) is 0 Å². The number of aromatic nitrogens is 4. The summed E-state index contributed by atoms with van der Waals surface area (Å²) in [5, 5.41) is 0. The Morgan fingerprint density at radius 3 is 2.89 bits per heavy atom. The van der Waals surface area contributed by atoms with Gasteiger partial charge in [-0.3, -0.25) is 4.57 Å². The van der Waals surface area contributed by atoms with Crippen molar-refractivity contribution in [2.24, 2.45) is 0 Å². The van der Waals surface area contributed by atoms with Crippen LogP contribution in [0.15, 0.2) is 12.7 Å². The Labute approximate surface area is 106 Å². The summed E-state index contributed by atoms with van der Waals surface area (Å²) >= 11 is 0. The van der Waals surface area contributed by atoms with Crippen molar-refractivity contribution in [2.45, 2.75) is 12.9 Å². The Morgan fingerprint density at radius 2 is 2.21 bits per heavy atom. The maximum atomic E-state index is 13.4. The van der Waals surface area contributed by atoms with E-state index < -0.39 is 20.3 Å². The van der Waals surface area contributed by atoms with E-state index in [1.54, 1.807) is 0 Å². The molecule has 2 aromatic rings. The van der Waals surface area contributed by atoms with Crippen molar-refractivity contribution in [1.82, 2.24) is 19.5 Å². The monoisotopic (exact) mass is 291 g/mol. The molecule has 0 saturated carbocycles. The second-order valence-corrected chi connectivity index (χ2v) is 5.29. The molecule has 19 heavy (non-hydrogen) atoms. The van der Waals surface area contributed by atoms with Gasteiger partial charge in [0.25, 0.3) is 0 Å². The number of nitrogens with zero attached hydrogens (tertiary/aromatic N) is 4. The van der Waals surface area contributed by atoms with Crippen LogP contribution < -0.4 is 5.73 Å². The van der Waals surface area contributed by atoms with E-state index in [2.05, 4.69) is 19.7 Å². The fourth-order valence-electron chi connectivity index (χ4n) is 1.42. The normalized spacial score (nSPS) is 13.8. The molecule has 0 aromatic carbocycles. The van der Waals surface area contributed by atoms with Gasteiger partial charge in [-0.1, -0.05) is 0 Å². The highest BCUT2D eigenvalue weighted by molar-refractivity contribution is 7.51. The first-order valence-electron chi connectivity index (χ1n) is 5.08. The average Bonchev–Trinajstić information content (AvgIpc) is 2.71. The number of halogens is 1. The lowest BCUT2D eigenvalue weighted by Crippen LogP contribution is -2.16. The topological polar surface area (TPSA) is 136 Å². The highest BCUT2D eigenvalue weighted by Gasteiger charge is 2.19. The summed E-state index contributed by atoms with van der Waals surface area (Å²) in [5.41, 5.74) is 6.20. The van der Waals surface area contributed by atoms with Crippen molar-refractivity contribution in [3.63, 3.8) is 0 Å². The molecule has 0 bridgehead atoms. The molecule has 0 radical (unpaired) electrons. The number of fused-ring (bicyclic) bond motifs is 1. The predicted octanol–water partition coefficient (Wildman–Crippen LogP) is -0.144. The maximum Gasteiger partial charge on any atom is 0.351 e. The number of hydrogen-bond acceptors (Lipinski definition) is 6. The zero-order valence-corrected chi connectivity index (χ0v) is 10.4. The van der Waals surface area contributed by atoms with Gasteiger partial charge in [0.15, 0.2) is 17.8 Å². The highest BCUT2D eigenvalue weighted by atomic mass is 31.2. The Bertz CT molecular complexity index is 629. The molecule has 0 amide bonds. The molecule has 4 N–H and O–H groups in total. The van der Waals surface area contributed by atoms with Gasteiger partial charge in [0.2, 0.25) is 6.36 Å². The van der Waals surface area contributed by atoms with Crippen LogP contribution in [0.1, 0.15) is 0 Å². The van der Waals surface area contributed by atoms with Gasteiger partial charge in [-0.25, -0.2) is 19.3 Å². The molecule has 0 spiro atoms. The molecule has 0 aliphatic carbocycles. The van der Waals surface area contributed by atoms with Crippen LogP contribution in [0, 0.1) is 0 Å². The van der Waals surface area contributed by atoms with Crippen molar-refractivity contribution >= 4 is 24.6 Å². The van der Waals surface area contributed by atoms with Crippen LogP contribution in [0.5, 0.6) is 0 Å².